The van der Waals surface area contributed by atoms with E-state index in [0.717, 1.165) is 16.0 Å². The van der Waals surface area contributed by atoms with Crippen LogP contribution in [0.2, 0.25) is 0 Å². The molecule has 5 rings (SSSR count). The first-order chi connectivity index (χ1) is 14.7. The van der Waals surface area contributed by atoms with Crippen LogP contribution in [0.3, 0.4) is 0 Å². The maximum atomic E-state index is 14.1. The van der Waals surface area contributed by atoms with Gasteiger partial charge in [0.2, 0.25) is 5.88 Å². The zero-order chi connectivity index (χ0) is 20.5. The van der Waals surface area contributed by atoms with Gasteiger partial charge in [-0.1, -0.05) is 60.3 Å². The van der Waals surface area contributed by atoms with Gasteiger partial charge >= 0.3 is 0 Å². The van der Waals surface area contributed by atoms with Crippen LogP contribution < -0.4 is 0 Å². The van der Waals surface area contributed by atoms with Crippen LogP contribution in [0.1, 0.15) is 0 Å². The van der Waals surface area contributed by atoms with Gasteiger partial charge in [-0.3, -0.25) is 0 Å². The fourth-order valence-electron chi connectivity index (χ4n) is 3.32. The summed E-state index contributed by atoms with van der Waals surface area (Å²) in [4.78, 5) is 6.75. The molecule has 146 valence electrons. The lowest BCUT2D eigenvalue weighted by molar-refractivity contribution is 0.437. The molecule has 3 aromatic carbocycles. The van der Waals surface area contributed by atoms with Crippen molar-refractivity contribution in [1.82, 2.24) is 14.6 Å². The fraction of sp³-hybridized carbons (Fsp3) is 0. The second kappa shape index (κ2) is 7.65. The number of aromatic nitrogens is 3. The molecule has 0 atom stereocenters. The van der Waals surface area contributed by atoms with Gasteiger partial charge in [0, 0.05) is 27.1 Å². The highest BCUT2D eigenvalue weighted by Crippen LogP contribution is 2.34. The Labute approximate surface area is 176 Å². The van der Waals surface area contributed by atoms with Gasteiger partial charge in [-0.25, -0.2) is 9.37 Å². The molecule has 0 amide bonds. The molecule has 2 aromatic heterocycles. The van der Waals surface area contributed by atoms with Crippen LogP contribution in [0, 0.1) is 5.82 Å². The van der Waals surface area contributed by atoms with Crippen molar-refractivity contribution in [2.24, 2.45) is 0 Å². The predicted molar refractivity (Wildman–Crippen MR) is 116 cm³/mol. The van der Waals surface area contributed by atoms with Gasteiger partial charge < -0.3 is 5.11 Å². The van der Waals surface area contributed by atoms with Gasteiger partial charge in [0.15, 0.2) is 5.65 Å². The van der Waals surface area contributed by atoms with E-state index in [9.17, 15) is 9.50 Å². The Kier molecular flexibility index (Phi) is 4.69. The SMILES string of the molecule is Oc1c(-c2ccccc2F)cnc2c(-c3ccc(Sc4ccccc4)cc3)cnn12. The molecular formula is C24H16FN3OS. The van der Waals surface area contributed by atoms with Crippen molar-refractivity contribution in [3.63, 3.8) is 0 Å². The van der Waals surface area contributed by atoms with E-state index < -0.39 is 5.82 Å². The number of benzene rings is 3. The number of hydrogen-bond donors (Lipinski definition) is 1. The Bertz CT molecular complexity index is 1330. The molecular weight excluding hydrogens is 397 g/mol. The lowest BCUT2D eigenvalue weighted by atomic mass is 10.1. The Morgan fingerprint density at radius 3 is 2.20 bits per heavy atom. The van der Waals surface area contributed by atoms with Crippen molar-refractivity contribution in [2.75, 3.05) is 0 Å². The second-order valence-corrected chi connectivity index (χ2v) is 7.86. The zero-order valence-electron chi connectivity index (χ0n) is 15.7. The average Bonchev–Trinajstić information content (AvgIpc) is 3.21. The van der Waals surface area contributed by atoms with Crippen LogP contribution in [-0.2, 0) is 0 Å². The minimum absolute atomic E-state index is 0.146. The molecule has 6 heteroatoms. The minimum atomic E-state index is -0.423. The normalized spacial score (nSPS) is 11.1. The number of hydrogen-bond acceptors (Lipinski definition) is 4. The zero-order valence-corrected chi connectivity index (χ0v) is 16.6. The van der Waals surface area contributed by atoms with Crippen LogP contribution in [-0.4, -0.2) is 19.7 Å². The van der Waals surface area contributed by atoms with E-state index in [1.807, 2.05) is 42.5 Å². The van der Waals surface area contributed by atoms with Crippen molar-refractivity contribution < 1.29 is 9.50 Å². The van der Waals surface area contributed by atoms with Crippen molar-refractivity contribution >= 4 is 17.4 Å². The van der Waals surface area contributed by atoms with Gasteiger partial charge in [0.25, 0.3) is 0 Å². The molecule has 0 fully saturated rings. The van der Waals surface area contributed by atoms with E-state index >= 15 is 0 Å². The standard InChI is InChI=1S/C24H16FN3OS/c25-22-9-5-4-8-19(22)21-14-26-23-20(15-27-28(23)24(21)29)16-10-12-18(13-11-16)30-17-6-2-1-3-7-17/h1-15,29H. The van der Waals surface area contributed by atoms with E-state index in [1.165, 1.54) is 21.7 Å². The monoisotopic (exact) mass is 413 g/mol. The highest BCUT2D eigenvalue weighted by atomic mass is 32.2. The first-order valence-corrected chi connectivity index (χ1v) is 10.2. The number of rotatable bonds is 4. The van der Waals surface area contributed by atoms with Crippen LogP contribution >= 0.6 is 11.8 Å². The first-order valence-electron chi connectivity index (χ1n) is 9.34. The summed E-state index contributed by atoms with van der Waals surface area (Å²) in [5.41, 5.74) is 2.82. The number of nitrogens with zero attached hydrogens (tertiary/aromatic N) is 3. The van der Waals surface area contributed by atoms with E-state index in [-0.39, 0.29) is 11.4 Å². The largest absolute Gasteiger partial charge is 0.493 e. The Hall–Kier alpha value is -3.64. The summed E-state index contributed by atoms with van der Waals surface area (Å²) in [6.45, 7) is 0. The second-order valence-electron chi connectivity index (χ2n) is 6.71. The minimum Gasteiger partial charge on any atom is -0.493 e. The number of halogens is 1. The van der Waals surface area contributed by atoms with Gasteiger partial charge in [-0.2, -0.15) is 9.61 Å². The summed E-state index contributed by atoms with van der Waals surface area (Å²) in [6, 6.07) is 24.6. The third-order valence-electron chi connectivity index (χ3n) is 4.81. The highest BCUT2D eigenvalue weighted by molar-refractivity contribution is 7.99. The summed E-state index contributed by atoms with van der Waals surface area (Å²) in [5, 5.41) is 15.0. The third-order valence-corrected chi connectivity index (χ3v) is 5.83. The molecule has 0 spiro atoms. The molecule has 0 bridgehead atoms. The topological polar surface area (TPSA) is 50.4 Å². The van der Waals surface area contributed by atoms with Crippen LogP contribution in [0.15, 0.2) is 101 Å². The summed E-state index contributed by atoms with van der Waals surface area (Å²) in [6.07, 6.45) is 3.14. The maximum Gasteiger partial charge on any atom is 0.223 e. The fourth-order valence-corrected chi connectivity index (χ4v) is 4.16. The molecule has 0 radical (unpaired) electrons. The Balaban J connectivity index is 1.50. The first kappa shape index (κ1) is 18.4. The Morgan fingerprint density at radius 2 is 1.43 bits per heavy atom. The Morgan fingerprint density at radius 1 is 0.733 bits per heavy atom. The molecule has 0 unspecified atom stereocenters. The third kappa shape index (κ3) is 3.31. The molecule has 30 heavy (non-hydrogen) atoms. The molecule has 0 aliphatic heterocycles. The van der Waals surface area contributed by atoms with E-state index in [2.05, 4.69) is 22.2 Å². The predicted octanol–water partition coefficient (Wildman–Crippen LogP) is 6.06. The maximum absolute atomic E-state index is 14.1. The molecule has 0 aliphatic carbocycles. The van der Waals surface area contributed by atoms with Crippen molar-refractivity contribution in [1.29, 1.82) is 0 Å². The molecule has 0 saturated carbocycles. The summed E-state index contributed by atoms with van der Waals surface area (Å²) < 4.78 is 15.5. The molecule has 4 nitrogen and oxygen atoms in total. The van der Waals surface area contributed by atoms with E-state index in [4.69, 9.17) is 0 Å². The lowest BCUT2D eigenvalue weighted by Crippen LogP contribution is -1.95. The van der Waals surface area contributed by atoms with Gasteiger partial charge in [-0.15, -0.1) is 0 Å². The van der Waals surface area contributed by atoms with E-state index in [1.54, 1.807) is 36.2 Å². The average molecular weight is 413 g/mol. The van der Waals surface area contributed by atoms with E-state index in [0.29, 0.717) is 11.2 Å². The molecule has 0 aliphatic rings. The van der Waals surface area contributed by atoms with Gasteiger partial charge in [0.1, 0.15) is 5.82 Å². The van der Waals surface area contributed by atoms with Crippen LogP contribution in [0.4, 0.5) is 4.39 Å². The molecule has 2 heterocycles. The molecule has 1 N–H and O–H groups in total. The van der Waals surface area contributed by atoms with Crippen LogP contribution in [0.25, 0.3) is 27.9 Å². The molecule has 5 aromatic rings. The van der Waals surface area contributed by atoms with Crippen LogP contribution in [0.5, 0.6) is 5.88 Å². The van der Waals surface area contributed by atoms with Crippen molar-refractivity contribution in [3.05, 3.63) is 97.1 Å². The van der Waals surface area contributed by atoms with Crippen molar-refractivity contribution in [2.45, 2.75) is 9.79 Å². The lowest BCUT2D eigenvalue weighted by Gasteiger charge is -2.08. The number of fused-ring (bicyclic) bond motifs is 1. The quantitative estimate of drug-likeness (QED) is 0.389. The summed E-state index contributed by atoms with van der Waals surface area (Å²) >= 11 is 1.69. The van der Waals surface area contributed by atoms with Gasteiger partial charge in [0.05, 0.1) is 11.8 Å². The van der Waals surface area contributed by atoms with Gasteiger partial charge in [-0.05, 0) is 35.9 Å². The number of aromatic hydroxyl groups is 1. The smallest absolute Gasteiger partial charge is 0.223 e. The molecule has 0 saturated heterocycles. The summed E-state index contributed by atoms with van der Waals surface area (Å²) in [5.74, 6) is -0.569. The van der Waals surface area contributed by atoms with Crippen molar-refractivity contribution in [3.8, 4) is 28.1 Å². The highest BCUT2D eigenvalue weighted by Gasteiger charge is 2.17. The summed E-state index contributed by atoms with van der Waals surface area (Å²) in [7, 11) is 0.